The first kappa shape index (κ1) is 18.9. The Hall–Kier alpha value is -4.06. The van der Waals surface area contributed by atoms with E-state index in [0.717, 1.165) is 29.1 Å². The highest BCUT2D eigenvalue weighted by molar-refractivity contribution is 5.78. The normalized spacial score (nSPS) is 12.4. The highest BCUT2D eigenvalue weighted by Crippen LogP contribution is 2.31. The van der Waals surface area contributed by atoms with Crippen molar-refractivity contribution < 1.29 is 9.13 Å². The molecule has 0 radical (unpaired) electrons. The summed E-state index contributed by atoms with van der Waals surface area (Å²) in [5, 5.41) is 3.19. The summed E-state index contributed by atoms with van der Waals surface area (Å²) in [6.07, 6.45) is 8.14. The molecule has 8 nitrogen and oxygen atoms in total. The molecule has 31 heavy (non-hydrogen) atoms. The maximum atomic E-state index is 14.5. The molecule has 1 N–H and O–H groups in total. The molecule has 0 bridgehead atoms. The number of benzene rings is 1. The highest BCUT2D eigenvalue weighted by atomic mass is 19.1. The Balaban J connectivity index is 1.53. The monoisotopic (exact) mass is 415 g/mol. The van der Waals surface area contributed by atoms with Crippen LogP contribution in [0, 0.1) is 12.4 Å². The van der Waals surface area contributed by atoms with E-state index < -0.39 is 0 Å². The average molecular weight is 415 g/mol. The zero-order valence-electron chi connectivity index (χ0n) is 16.8. The number of aromatic nitrogens is 5. The van der Waals surface area contributed by atoms with Crippen LogP contribution in [0.1, 0.15) is 23.9 Å². The second-order valence-corrected chi connectivity index (χ2v) is 7.10. The van der Waals surface area contributed by atoms with Gasteiger partial charge in [0.1, 0.15) is 17.4 Å². The number of fused-ring (bicyclic) bond motifs is 2. The lowest BCUT2D eigenvalue weighted by Gasteiger charge is -2.12. The van der Waals surface area contributed by atoms with Crippen molar-refractivity contribution in [1.82, 2.24) is 24.3 Å². The second kappa shape index (κ2) is 7.65. The molecule has 154 valence electrons. The zero-order valence-corrected chi connectivity index (χ0v) is 16.8. The molecule has 4 heterocycles. The van der Waals surface area contributed by atoms with Crippen molar-refractivity contribution in [2.45, 2.75) is 26.3 Å². The van der Waals surface area contributed by atoms with E-state index in [1.165, 1.54) is 6.07 Å². The fraction of sp³-hybridized carbons (Fsp3) is 0.227. The molecule has 0 fully saturated rings. The summed E-state index contributed by atoms with van der Waals surface area (Å²) >= 11 is 0. The number of nitrogens with one attached hydrogen (secondary N) is 1. The van der Waals surface area contributed by atoms with Crippen LogP contribution >= 0.6 is 0 Å². The molecule has 9 heteroatoms. The van der Waals surface area contributed by atoms with E-state index in [4.69, 9.17) is 11.3 Å². The number of rotatable bonds is 5. The number of aryl methyl sites for hydroxylation is 1. The fourth-order valence-electron chi connectivity index (χ4n) is 3.70. The molecular formula is C22H18FN7O. The van der Waals surface area contributed by atoms with Gasteiger partial charge in [-0.1, -0.05) is 18.5 Å². The van der Waals surface area contributed by atoms with Gasteiger partial charge in [0.15, 0.2) is 0 Å². The van der Waals surface area contributed by atoms with Gasteiger partial charge in [0.25, 0.3) is 5.82 Å². The molecule has 0 unspecified atom stereocenters. The quantitative estimate of drug-likeness (QED) is 0.497. The van der Waals surface area contributed by atoms with E-state index in [2.05, 4.69) is 30.1 Å². The predicted octanol–water partition coefficient (Wildman–Crippen LogP) is 3.99. The van der Waals surface area contributed by atoms with Gasteiger partial charge in [-0.25, -0.2) is 19.3 Å². The summed E-state index contributed by atoms with van der Waals surface area (Å²) in [6, 6.07) is 3.08. The van der Waals surface area contributed by atoms with Crippen molar-refractivity contribution >= 4 is 17.4 Å². The van der Waals surface area contributed by atoms with Gasteiger partial charge in [-0.15, -0.1) is 0 Å². The number of nitrogens with zero attached hydrogens (tertiary/aromatic N) is 6. The van der Waals surface area contributed by atoms with Gasteiger partial charge in [-0.3, -0.25) is 4.40 Å². The second-order valence-electron chi connectivity index (χ2n) is 7.10. The molecule has 0 saturated heterocycles. The minimum atomic E-state index is -0.287. The molecule has 0 saturated carbocycles. The van der Waals surface area contributed by atoms with E-state index >= 15 is 0 Å². The van der Waals surface area contributed by atoms with E-state index in [-0.39, 0.29) is 18.2 Å². The Labute approximate surface area is 177 Å². The predicted molar refractivity (Wildman–Crippen MR) is 113 cm³/mol. The van der Waals surface area contributed by atoms with Crippen molar-refractivity contribution in [3.63, 3.8) is 0 Å². The molecular weight excluding hydrogens is 397 g/mol. The summed E-state index contributed by atoms with van der Waals surface area (Å²) in [7, 11) is 0. The molecule has 1 aromatic carbocycles. The lowest BCUT2D eigenvalue weighted by Crippen LogP contribution is -2.09. The van der Waals surface area contributed by atoms with Crippen LogP contribution in [0.5, 0.6) is 5.75 Å². The smallest absolute Gasteiger partial charge is 0.288 e. The first-order valence-corrected chi connectivity index (χ1v) is 9.91. The Morgan fingerprint density at radius 3 is 2.84 bits per heavy atom. The number of hydrogen-bond acceptors (Lipinski definition) is 6. The summed E-state index contributed by atoms with van der Waals surface area (Å²) < 4.78 is 21.7. The van der Waals surface area contributed by atoms with Crippen molar-refractivity contribution in [2.24, 2.45) is 0 Å². The number of hydrogen-bond donors (Lipinski definition) is 1. The van der Waals surface area contributed by atoms with Crippen LogP contribution in [0.3, 0.4) is 0 Å². The number of halogens is 1. The summed E-state index contributed by atoms with van der Waals surface area (Å²) in [5.41, 5.74) is 3.46. The van der Waals surface area contributed by atoms with Gasteiger partial charge in [0, 0.05) is 60.9 Å². The molecule has 1 aliphatic rings. The first-order chi connectivity index (χ1) is 15.2. The van der Waals surface area contributed by atoms with Crippen molar-refractivity contribution in [2.75, 3.05) is 11.9 Å². The van der Waals surface area contributed by atoms with Crippen LogP contribution < -0.4 is 10.1 Å². The molecule has 0 atom stereocenters. The molecule has 0 aliphatic carbocycles. The van der Waals surface area contributed by atoms with Gasteiger partial charge in [0.05, 0.1) is 12.2 Å². The van der Waals surface area contributed by atoms with Crippen LogP contribution in [0.2, 0.25) is 0 Å². The minimum Gasteiger partial charge on any atom is -0.493 e. The van der Waals surface area contributed by atoms with Crippen molar-refractivity contribution in [1.29, 1.82) is 0 Å². The molecule has 0 spiro atoms. The third-order valence-corrected chi connectivity index (χ3v) is 5.29. The van der Waals surface area contributed by atoms with Crippen molar-refractivity contribution in [3.8, 4) is 16.9 Å². The highest BCUT2D eigenvalue weighted by Gasteiger charge is 2.21. The molecule has 5 rings (SSSR count). The van der Waals surface area contributed by atoms with Crippen LogP contribution in [0.4, 0.5) is 16.2 Å². The maximum absolute atomic E-state index is 14.5. The Morgan fingerprint density at radius 1 is 1.23 bits per heavy atom. The Bertz CT molecular complexity index is 1320. The lowest BCUT2D eigenvalue weighted by molar-refractivity contribution is 0.356. The standard InChI is InChI=1S/C22H18FN7O/c1-3-19-25-8-13(9-26-19)15-10-27-22(30-12-20(24-2)29-21(15)30)28-11-16-14-6-7-31-18(14)5-4-17(16)23/h4-5,8-10,12H,3,6-7,11H2,1H3,(H,27,28). The van der Waals surface area contributed by atoms with Gasteiger partial charge < -0.3 is 14.9 Å². The summed E-state index contributed by atoms with van der Waals surface area (Å²) in [5.74, 6) is 1.88. The number of imidazole rings is 1. The third-order valence-electron chi connectivity index (χ3n) is 5.29. The molecule has 3 aromatic heterocycles. The van der Waals surface area contributed by atoms with E-state index in [0.29, 0.717) is 35.8 Å². The molecule has 1 aliphatic heterocycles. The van der Waals surface area contributed by atoms with E-state index in [9.17, 15) is 4.39 Å². The third kappa shape index (κ3) is 3.32. The van der Waals surface area contributed by atoms with Crippen LogP contribution in [0.25, 0.3) is 21.6 Å². The summed E-state index contributed by atoms with van der Waals surface area (Å²) in [4.78, 5) is 21.1. The van der Waals surface area contributed by atoms with Crippen LogP contribution in [0.15, 0.2) is 36.9 Å². The average Bonchev–Trinajstić information content (AvgIpc) is 3.45. The summed E-state index contributed by atoms with van der Waals surface area (Å²) in [6.45, 7) is 10.1. The fourth-order valence-corrected chi connectivity index (χ4v) is 3.70. The van der Waals surface area contributed by atoms with Gasteiger partial charge >= 0.3 is 0 Å². The largest absolute Gasteiger partial charge is 0.493 e. The number of anilines is 1. The lowest BCUT2D eigenvalue weighted by atomic mass is 10.0. The molecule has 0 amide bonds. The zero-order chi connectivity index (χ0) is 21.4. The maximum Gasteiger partial charge on any atom is 0.288 e. The van der Waals surface area contributed by atoms with E-state index in [1.807, 2.05) is 6.92 Å². The van der Waals surface area contributed by atoms with E-state index in [1.54, 1.807) is 35.3 Å². The Kier molecular flexibility index (Phi) is 4.67. The van der Waals surface area contributed by atoms with Crippen LogP contribution in [-0.4, -0.2) is 30.9 Å². The Morgan fingerprint density at radius 2 is 2.06 bits per heavy atom. The van der Waals surface area contributed by atoms with Gasteiger partial charge in [0.2, 0.25) is 11.6 Å². The van der Waals surface area contributed by atoms with Gasteiger partial charge in [-0.05, 0) is 12.1 Å². The number of ether oxygens (including phenoxy) is 1. The first-order valence-electron chi connectivity index (χ1n) is 9.91. The SMILES string of the molecule is [C-]#[N+]c1cn2c(NCc3c(F)ccc4c3CCO4)ncc(-c3cnc(CC)nc3)c2n1. The molecule has 4 aromatic rings. The topological polar surface area (TPSA) is 81.6 Å². The van der Waals surface area contributed by atoms with Crippen LogP contribution in [-0.2, 0) is 19.4 Å². The van der Waals surface area contributed by atoms with Crippen molar-refractivity contribution in [3.05, 3.63) is 71.1 Å². The van der Waals surface area contributed by atoms with Gasteiger partial charge in [-0.2, -0.15) is 0 Å². The minimum absolute atomic E-state index is 0.236.